The van der Waals surface area contributed by atoms with E-state index in [1.807, 2.05) is 81.4 Å². The molecule has 3 atom stereocenters. The van der Waals surface area contributed by atoms with Gasteiger partial charge in [0.2, 0.25) is 5.91 Å². The number of carbonyl (C=O) groups excluding carboxylic acids is 1. The van der Waals surface area contributed by atoms with Crippen LogP contribution in [0, 0.1) is 6.92 Å². The highest BCUT2D eigenvalue weighted by Crippen LogP contribution is 2.28. The maximum absolute atomic E-state index is 13.6. The number of aliphatic hydroxyl groups is 1. The van der Waals surface area contributed by atoms with Crippen LogP contribution >= 0.6 is 0 Å². The Labute approximate surface area is 210 Å². The third kappa shape index (κ3) is 5.42. The second-order valence-electron chi connectivity index (χ2n) is 9.29. The molecule has 6 N–H and O–H groups in total. The molecular formula is C29H32N4O3. The average molecular weight is 485 g/mol. The van der Waals surface area contributed by atoms with Crippen LogP contribution in [0.3, 0.4) is 0 Å². The zero-order chi connectivity index (χ0) is 25.8. The summed E-state index contributed by atoms with van der Waals surface area (Å²) in [4.78, 5) is 28.6. The zero-order valence-electron chi connectivity index (χ0n) is 20.7. The first kappa shape index (κ1) is 25.0. The molecule has 0 saturated carbocycles. The number of nitrogen functional groups attached to an aromatic ring is 1. The van der Waals surface area contributed by atoms with Gasteiger partial charge in [0, 0.05) is 35.5 Å². The molecule has 1 unspecified atom stereocenters. The number of pyridine rings is 1. The highest BCUT2D eigenvalue weighted by atomic mass is 16.3. The van der Waals surface area contributed by atoms with Crippen molar-refractivity contribution in [3.63, 3.8) is 0 Å². The second-order valence-corrected chi connectivity index (χ2v) is 9.29. The molecule has 0 spiro atoms. The van der Waals surface area contributed by atoms with Crippen molar-refractivity contribution in [3.05, 3.63) is 106 Å². The molecule has 1 aromatic heterocycles. The second kappa shape index (κ2) is 10.7. The van der Waals surface area contributed by atoms with Gasteiger partial charge in [0.1, 0.15) is 6.04 Å². The summed E-state index contributed by atoms with van der Waals surface area (Å²) in [6, 6.07) is 19.6. The summed E-state index contributed by atoms with van der Waals surface area (Å²) in [5, 5.41) is 17.4. The molecule has 0 aliphatic heterocycles. The molecule has 4 aromatic rings. The number of fused-ring (bicyclic) bond motifs is 1. The summed E-state index contributed by atoms with van der Waals surface area (Å²) >= 11 is 0. The summed E-state index contributed by atoms with van der Waals surface area (Å²) in [6.07, 6.45) is 1.61. The molecule has 0 aliphatic rings. The Morgan fingerprint density at radius 3 is 2.56 bits per heavy atom. The minimum atomic E-state index is -0.717. The average Bonchev–Trinajstić information content (AvgIpc) is 2.87. The van der Waals surface area contributed by atoms with Crippen LogP contribution in [0.2, 0.25) is 0 Å². The number of carbonyl (C=O) groups is 1. The van der Waals surface area contributed by atoms with E-state index in [2.05, 4.69) is 15.6 Å². The van der Waals surface area contributed by atoms with E-state index in [-0.39, 0.29) is 30.0 Å². The monoisotopic (exact) mass is 484 g/mol. The van der Waals surface area contributed by atoms with Crippen LogP contribution in [0.25, 0.3) is 10.8 Å². The first-order valence-corrected chi connectivity index (χ1v) is 12.0. The largest absolute Gasteiger partial charge is 0.399 e. The third-order valence-electron chi connectivity index (χ3n) is 6.55. The summed E-state index contributed by atoms with van der Waals surface area (Å²) in [7, 11) is 0. The normalized spacial score (nSPS) is 13.7. The number of nitrogens with one attached hydrogen (secondary N) is 3. The van der Waals surface area contributed by atoms with Gasteiger partial charge in [-0.25, -0.2) is 0 Å². The number of amides is 1. The molecule has 7 heteroatoms. The molecule has 0 radical (unpaired) electrons. The quantitative estimate of drug-likeness (QED) is 0.235. The summed E-state index contributed by atoms with van der Waals surface area (Å²) in [5.41, 5.74) is 10.7. The van der Waals surface area contributed by atoms with Gasteiger partial charge in [0.15, 0.2) is 0 Å². The van der Waals surface area contributed by atoms with E-state index < -0.39 is 6.04 Å². The van der Waals surface area contributed by atoms with E-state index in [1.54, 1.807) is 12.3 Å². The predicted molar refractivity (Wildman–Crippen MR) is 145 cm³/mol. The van der Waals surface area contributed by atoms with Crippen molar-refractivity contribution >= 4 is 28.1 Å². The van der Waals surface area contributed by atoms with Crippen LogP contribution in [-0.2, 0) is 4.79 Å². The lowest BCUT2D eigenvalue weighted by Gasteiger charge is -2.24. The number of aryl methyl sites for hydroxylation is 1. The number of aliphatic hydroxyl groups excluding tert-OH is 1. The Kier molecular flexibility index (Phi) is 7.41. The molecule has 0 fully saturated rings. The number of hydrogen-bond donors (Lipinski definition) is 5. The fraction of sp³-hybridized carbons (Fsp3) is 0.241. The van der Waals surface area contributed by atoms with Crippen LogP contribution < -0.4 is 21.9 Å². The van der Waals surface area contributed by atoms with Gasteiger partial charge >= 0.3 is 0 Å². The highest BCUT2D eigenvalue weighted by molar-refractivity contribution is 5.89. The predicted octanol–water partition coefficient (Wildman–Crippen LogP) is 4.55. The number of hydrogen-bond acceptors (Lipinski definition) is 5. The van der Waals surface area contributed by atoms with Crippen LogP contribution in [0.5, 0.6) is 0 Å². The third-order valence-corrected chi connectivity index (χ3v) is 6.55. The van der Waals surface area contributed by atoms with Gasteiger partial charge in [-0.2, -0.15) is 0 Å². The van der Waals surface area contributed by atoms with Crippen LogP contribution in [0.15, 0.2) is 77.7 Å². The number of H-pyrrole nitrogens is 1. The van der Waals surface area contributed by atoms with E-state index in [9.17, 15) is 14.7 Å². The Balaban J connectivity index is 1.69. The first-order valence-electron chi connectivity index (χ1n) is 12.0. The number of benzene rings is 3. The number of aromatic amines is 1. The Bertz CT molecular complexity index is 1450. The number of anilines is 2. The van der Waals surface area contributed by atoms with E-state index >= 15 is 0 Å². The number of aromatic nitrogens is 1. The number of nitrogens with two attached hydrogens (primary N) is 1. The molecule has 0 aliphatic carbocycles. The fourth-order valence-electron chi connectivity index (χ4n) is 4.48. The van der Waals surface area contributed by atoms with Gasteiger partial charge in [-0.3, -0.25) is 9.59 Å². The van der Waals surface area contributed by atoms with Crippen molar-refractivity contribution in [1.29, 1.82) is 0 Å². The van der Waals surface area contributed by atoms with Crippen molar-refractivity contribution in [2.24, 2.45) is 0 Å². The first-order chi connectivity index (χ1) is 17.3. The molecule has 0 saturated heterocycles. The van der Waals surface area contributed by atoms with Gasteiger partial charge in [-0.15, -0.1) is 0 Å². The van der Waals surface area contributed by atoms with Gasteiger partial charge < -0.3 is 26.5 Å². The maximum atomic E-state index is 13.6. The fourth-order valence-corrected chi connectivity index (χ4v) is 4.48. The Morgan fingerprint density at radius 2 is 1.83 bits per heavy atom. The lowest BCUT2D eigenvalue weighted by Crippen LogP contribution is -2.35. The van der Waals surface area contributed by atoms with Crippen molar-refractivity contribution in [3.8, 4) is 0 Å². The van der Waals surface area contributed by atoms with Gasteiger partial charge in [0.05, 0.1) is 6.04 Å². The molecular weight excluding hydrogens is 452 g/mol. The lowest BCUT2D eigenvalue weighted by atomic mass is 9.93. The van der Waals surface area contributed by atoms with Crippen molar-refractivity contribution in [1.82, 2.24) is 10.3 Å². The summed E-state index contributed by atoms with van der Waals surface area (Å²) in [6.45, 7) is 5.90. The molecule has 3 aromatic carbocycles. The minimum absolute atomic E-state index is 0.00457. The van der Waals surface area contributed by atoms with Gasteiger partial charge in [-0.1, -0.05) is 43.3 Å². The van der Waals surface area contributed by atoms with Crippen LogP contribution in [0.4, 0.5) is 11.4 Å². The van der Waals surface area contributed by atoms with Crippen molar-refractivity contribution in [2.75, 3.05) is 17.7 Å². The lowest BCUT2D eigenvalue weighted by molar-refractivity contribution is -0.122. The summed E-state index contributed by atoms with van der Waals surface area (Å²) < 4.78 is 0. The Morgan fingerprint density at radius 1 is 1.03 bits per heavy atom. The molecule has 4 rings (SSSR count). The summed E-state index contributed by atoms with van der Waals surface area (Å²) in [5.74, 6) is -0.218. The molecule has 186 valence electrons. The van der Waals surface area contributed by atoms with E-state index in [0.29, 0.717) is 16.8 Å². The van der Waals surface area contributed by atoms with Gasteiger partial charge in [0.25, 0.3) is 5.56 Å². The van der Waals surface area contributed by atoms with Crippen LogP contribution in [0.1, 0.15) is 54.1 Å². The van der Waals surface area contributed by atoms with E-state index in [4.69, 9.17) is 5.73 Å². The Hall–Kier alpha value is -4.10. The molecule has 7 nitrogen and oxygen atoms in total. The van der Waals surface area contributed by atoms with Crippen molar-refractivity contribution in [2.45, 2.75) is 38.8 Å². The zero-order valence-corrected chi connectivity index (χ0v) is 20.7. The minimum Gasteiger partial charge on any atom is -0.399 e. The topological polar surface area (TPSA) is 120 Å². The smallest absolute Gasteiger partial charge is 0.255 e. The maximum Gasteiger partial charge on any atom is 0.255 e. The molecule has 36 heavy (non-hydrogen) atoms. The molecule has 0 bridgehead atoms. The van der Waals surface area contributed by atoms with E-state index in [0.717, 1.165) is 27.6 Å². The van der Waals surface area contributed by atoms with Crippen LogP contribution in [-0.4, -0.2) is 22.6 Å². The van der Waals surface area contributed by atoms with Crippen molar-refractivity contribution < 1.29 is 9.90 Å². The van der Waals surface area contributed by atoms with E-state index in [1.165, 1.54) is 0 Å². The standard InChI is InChI=1S/C29H32N4O3/c1-17-13-22(8-10-25(17)18(2)16-34)27(29(36)32-19(3)21-5-4-6-23(30)14-21)33-24-9-7-20-11-12-31-28(35)26(20)15-24/h4-15,18-19,27,33-34H,16,30H2,1-3H3,(H,31,35)(H,32,36)/t18-,19+,27?/m0/s1. The molecule has 1 amide bonds. The SMILES string of the molecule is Cc1cc(C(Nc2ccc3cc[nH]c(=O)c3c2)C(=O)N[C@H](C)c2cccc(N)c2)ccc1[C@@H](C)CO. The number of rotatable bonds is 8. The highest BCUT2D eigenvalue weighted by Gasteiger charge is 2.24. The van der Waals surface area contributed by atoms with Gasteiger partial charge in [-0.05, 0) is 71.8 Å². The molecule has 1 heterocycles.